The molecule has 4 rings (SSSR count). The summed E-state index contributed by atoms with van der Waals surface area (Å²) in [6.45, 7) is 5.13. The van der Waals surface area contributed by atoms with E-state index in [2.05, 4.69) is 15.0 Å². The predicted molar refractivity (Wildman–Crippen MR) is 93.4 cm³/mol. The molecule has 1 aromatic heterocycles. The molecule has 8 heteroatoms. The number of fused-ring (bicyclic) bond motifs is 1. The van der Waals surface area contributed by atoms with Gasteiger partial charge < -0.3 is 23.8 Å². The first-order valence-electron chi connectivity index (χ1n) is 8.97. The lowest BCUT2D eigenvalue weighted by Crippen LogP contribution is -2.36. The summed E-state index contributed by atoms with van der Waals surface area (Å²) < 4.78 is 15.9. The van der Waals surface area contributed by atoms with Crippen molar-refractivity contribution in [2.24, 2.45) is 0 Å². The van der Waals surface area contributed by atoms with E-state index in [4.69, 9.17) is 14.0 Å². The van der Waals surface area contributed by atoms with Crippen molar-refractivity contribution >= 4 is 11.9 Å². The van der Waals surface area contributed by atoms with Gasteiger partial charge in [-0.1, -0.05) is 13.0 Å². The largest absolute Gasteiger partial charge is 0.454 e. The van der Waals surface area contributed by atoms with E-state index in [-0.39, 0.29) is 12.7 Å². The van der Waals surface area contributed by atoms with Gasteiger partial charge in [-0.15, -0.1) is 0 Å². The Morgan fingerprint density at radius 3 is 2.88 bits per heavy atom. The van der Waals surface area contributed by atoms with Crippen LogP contribution in [0.5, 0.6) is 11.5 Å². The van der Waals surface area contributed by atoms with Crippen molar-refractivity contribution in [3.8, 4) is 11.5 Å². The Kier molecular flexibility index (Phi) is 4.64. The van der Waals surface area contributed by atoms with E-state index in [0.717, 1.165) is 37.2 Å². The molecule has 0 bridgehead atoms. The first kappa shape index (κ1) is 16.7. The first-order chi connectivity index (χ1) is 12.7. The second-order valence-corrected chi connectivity index (χ2v) is 6.43. The number of hydrogen-bond acceptors (Lipinski definition) is 7. The van der Waals surface area contributed by atoms with Crippen LogP contribution in [-0.2, 0) is 17.6 Å². The van der Waals surface area contributed by atoms with Gasteiger partial charge >= 0.3 is 0 Å². The highest BCUT2D eigenvalue weighted by atomic mass is 16.7. The molecule has 0 atom stereocenters. The molecule has 138 valence electrons. The molecule has 0 N–H and O–H groups in total. The molecule has 0 saturated carbocycles. The number of anilines is 1. The monoisotopic (exact) mass is 358 g/mol. The number of amides is 1. The zero-order chi connectivity index (χ0) is 17.9. The lowest BCUT2D eigenvalue weighted by molar-refractivity contribution is -0.130. The average Bonchev–Trinajstić information content (AvgIpc) is 3.25. The van der Waals surface area contributed by atoms with Gasteiger partial charge in [-0.05, 0) is 29.3 Å². The predicted octanol–water partition coefficient (Wildman–Crippen LogP) is 1.64. The van der Waals surface area contributed by atoms with E-state index in [0.29, 0.717) is 37.1 Å². The first-order valence-corrected chi connectivity index (χ1v) is 8.97. The molecule has 2 aliphatic heterocycles. The van der Waals surface area contributed by atoms with Crippen molar-refractivity contribution in [1.29, 1.82) is 0 Å². The average molecular weight is 358 g/mol. The van der Waals surface area contributed by atoms with Crippen LogP contribution in [0.2, 0.25) is 0 Å². The normalized spacial score (nSPS) is 16.7. The number of ether oxygens (including phenoxy) is 2. The van der Waals surface area contributed by atoms with E-state index in [9.17, 15) is 4.79 Å². The highest BCUT2D eigenvalue weighted by Gasteiger charge is 2.22. The third-order valence-electron chi connectivity index (χ3n) is 4.68. The fourth-order valence-corrected chi connectivity index (χ4v) is 3.22. The van der Waals surface area contributed by atoms with E-state index < -0.39 is 0 Å². The molecule has 1 aromatic carbocycles. The minimum Gasteiger partial charge on any atom is -0.454 e. The van der Waals surface area contributed by atoms with Crippen LogP contribution in [0, 0.1) is 0 Å². The molecule has 0 aliphatic carbocycles. The van der Waals surface area contributed by atoms with E-state index in [1.165, 1.54) is 0 Å². The van der Waals surface area contributed by atoms with Crippen molar-refractivity contribution in [2.45, 2.75) is 26.2 Å². The summed E-state index contributed by atoms with van der Waals surface area (Å²) in [6.07, 6.45) is 1.96. The lowest BCUT2D eigenvalue weighted by atomic mass is 10.1. The Bertz CT molecular complexity index is 791. The van der Waals surface area contributed by atoms with Crippen LogP contribution in [0.25, 0.3) is 0 Å². The van der Waals surface area contributed by atoms with E-state index in [1.54, 1.807) is 0 Å². The van der Waals surface area contributed by atoms with Crippen LogP contribution in [-0.4, -0.2) is 53.9 Å². The van der Waals surface area contributed by atoms with Gasteiger partial charge in [-0.25, -0.2) is 0 Å². The zero-order valence-electron chi connectivity index (χ0n) is 14.8. The molecule has 0 unspecified atom stereocenters. The number of nitrogens with zero attached hydrogens (tertiary/aromatic N) is 4. The number of aryl methyl sites for hydroxylation is 1. The molecule has 26 heavy (non-hydrogen) atoms. The van der Waals surface area contributed by atoms with Crippen LogP contribution >= 0.6 is 0 Å². The Morgan fingerprint density at radius 2 is 2.04 bits per heavy atom. The number of rotatable bonds is 4. The maximum atomic E-state index is 12.7. The van der Waals surface area contributed by atoms with Crippen LogP contribution in [0.3, 0.4) is 0 Å². The molecule has 2 aliphatic rings. The zero-order valence-corrected chi connectivity index (χ0v) is 14.8. The Balaban J connectivity index is 1.36. The summed E-state index contributed by atoms with van der Waals surface area (Å²) in [5.41, 5.74) is 0.936. The molecular formula is C18H22N4O4. The minimum atomic E-state index is 0.119. The van der Waals surface area contributed by atoms with Crippen molar-refractivity contribution < 1.29 is 18.8 Å². The van der Waals surface area contributed by atoms with Gasteiger partial charge in [0.2, 0.25) is 18.6 Å². The van der Waals surface area contributed by atoms with Gasteiger partial charge in [0.25, 0.3) is 5.95 Å². The minimum absolute atomic E-state index is 0.119. The maximum Gasteiger partial charge on any atom is 0.266 e. The fourth-order valence-electron chi connectivity index (χ4n) is 3.22. The number of benzene rings is 1. The van der Waals surface area contributed by atoms with Crippen molar-refractivity contribution in [3.05, 3.63) is 29.7 Å². The third-order valence-corrected chi connectivity index (χ3v) is 4.68. The van der Waals surface area contributed by atoms with Gasteiger partial charge in [-0.2, -0.15) is 4.98 Å². The molecule has 1 saturated heterocycles. The van der Waals surface area contributed by atoms with Crippen molar-refractivity contribution in [1.82, 2.24) is 15.0 Å². The van der Waals surface area contributed by atoms with Crippen LogP contribution in [0.15, 0.2) is 22.7 Å². The van der Waals surface area contributed by atoms with Crippen LogP contribution in [0.1, 0.15) is 24.8 Å². The third kappa shape index (κ3) is 3.44. The molecule has 3 heterocycles. The van der Waals surface area contributed by atoms with Gasteiger partial charge in [0.1, 0.15) is 0 Å². The Morgan fingerprint density at radius 1 is 1.15 bits per heavy atom. The smallest absolute Gasteiger partial charge is 0.266 e. The lowest BCUT2D eigenvalue weighted by Gasteiger charge is -2.21. The molecule has 0 spiro atoms. The van der Waals surface area contributed by atoms with Gasteiger partial charge in [-0.3, -0.25) is 4.79 Å². The number of hydrogen-bond donors (Lipinski definition) is 0. The Hall–Kier alpha value is -2.77. The van der Waals surface area contributed by atoms with E-state index in [1.807, 2.05) is 30.0 Å². The summed E-state index contributed by atoms with van der Waals surface area (Å²) in [7, 11) is 0. The van der Waals surface area contributed by atoms with E-state index >= 15 is 0 Å². The van der Waals surface area contributed by atoms with Crippen LogP contribution < -0.4 is 14.4 Å². The molecule has 8 nitrogen and oxygen atoms in total. The fraction of sp³-hybridized carbons (Fsp3) is 0.500. The summed E-state index contributed by atoms with van der Waals surface area (Å²) in [4.78, 5) is 21.1. The van der Waals surface area contributed by atoms with Crippen molar-refractivity contribution in [3.63, 3.8) is 0 Å². The summed E-state index contributed by atoms with van der Waals surface area (Å²) in [6, 6.07) is 5.66. The van der Waals surface area contributed by atoms with Gasteiger partial charge in [0.15, 0.2) is 11.5 Å². The Labute approximate surface area is 151 Å². The van der Waals surface area contributed by atoms with Crippen molar-refractivity contribution in [2.75, 3.05) is 37.9 Å². The second-order valence-electron chi connectivity index (χ2n) is 6.43. The second kappa shape index (κ2) is 7.23. The number of carbonyl (C=O) groups excluding carboxylic acids is 1. The highest BCUT2D eigenvalue weighted by molar-refractivity contribution is 5.79. The molecule has 1 fully saturated rings. The maximum absolute atomic E-state index is 12.7. The standard InChI is InChI=1S/C18H22N4O4/c1-2-16-19-18(20-26-16)22-7-3-6-21(8-9-22)17(23)11-13-4-5-14-15(10-13)25-12-24-14/h4-5,10H,2-3,6-9,11-12H2,1H3. The summed E-state index contributed by atoms with van der Waals surface area (Å²) in [5, 5.41) is 4.03. The SMILES string of the molecule is CCc1nc(N2CCCN(C(=O)Cc3ccc4c(c3)OCO4)CC2)no1. The molecule has 0 radical (unpaired) electrons. The van der Waals surface area contributed by atoms with Crippen LogP contribution in [0.4, 0.5) is 5.95 Å². The molecule has 2 aromatic rings. The highest BCUT2D eigenvalue weighted by Crippen LogP contribution is 2.32. The quantitative estimate of drug-likeness (QED) is 0.822. The number of aromatic nitrogens is 2. The summed E-state index contributed by atoms with van der Waals surface area (Å²) in [5.74, 6) is 2.82. The molecule has 1 amide bonds. The molecular weight excluding hydrogens is 336 g/mol. The topological polar surface area (TPSA) is 80.9 Å². The van der Waals surface area contributed by atoms with Gasteiger partial charge in [0, 0.05) is 32.6 Å². The number of carbonyl (C=O) groups is 1. The van der Waals surface area contributed by atoms with Gasteiger partial charge in [0.05, 0.1) is 6.42 Å². The summed E-state index contributed by atoms with van der Waals surface area (Å²) >= 11 is 0.